The van der Waals surface area contributed by atoms with Crippen LogP contribution in [0.4, 0.5) is 5.69 Å². The number of nitrogens with one attached hydrogen (secondary N) is 1. The van der Waals surface area contributed by atoms with Gasteiger partial charge in [0.25, 0.3) is 0 Å². The Balaban J connectivity index is 1.05. The summed E-state index contributed by atoms with van der Waals surface area (Å²) in [5.74, 6) is 2.33. The van der Waals surface area contributed by atoms with Crippen LogP contribution in [0.25, 0.3) is 11.3 Å². The molecule has 0 radical (unpaired) electrons. The zero-order chi connectivity index (χ0) is 21.0. The normalized spacial score (nSPS) is 16.1. The number of piperazine rings is 1. The Kier molecular flexibility index (Phi) is 5.97. The summed E-state index contributed by atoms with van der Waals surface area (Å²) in [6, 6.07) is 15.8. The molecular formula is C23H25ClN4O3. The van der Waals surface area contributed by atoms with Crippen LogP contribution in [-0.2, 0) is 6.54 Å². The first-order chi connectivity index (χ1) is 15.2. The minimum Gasteiger partial charge on any atom is -0.454 e. The molecule has 7 nitrogen and oxygen atoms in total. The van der Waals surface area contributed by atoms with Gasteiger partial charge in [0.2, 0.25) is 6.79 Å². The van der Waals surface area contributed by atoms with Gasteiger partial charge in [-0.2, -0.15) is 0 Å². The van der Waals surface area contributed by atoms with Crippen molar-refractivity contribution < 1.29 is 14.0 Å². The van der Waals surface area contributed by atoms with Crippen molar-refractivity contribution in [2.45, 2.75) is 6.54 Å². The number of anilines is 1. The monoisotopic (exact) mass is 440 g/mol. The molecule has 8 heteroatoms. The molecular weight excluding hydrogens is 416 g/mol. The summed E-state index contributed by atoms with van der Waals surface area (Å²) in [6.45, 7) is 6.95. The van der Waals surface area contributed by atoms with Crippen LogP contribution in [0.5, 0.6) is 11.5 Å². The van der Waals surface area contributed by atoms with E-state index in [2.05, 4.69) is 26.3 Å². The molecule has 1 saturated heterocycles. The number of hydrogen-bond acceptors (Lipinski definition) is 7. The second kappa shape index (κ2) is 9.18. The lowest BCUT2D eigenvalue weighted by molar-refractivity contribution is 0.174. The second-order valence-electron chi connectivity index (χ2n) is 7.73. The maximum Gasteiger partial charge on any atom is 0.231 e. The van der Waals surface area contributed by atoms with Crippen LogP contribution in [0, 0.1) is 0 Å². The van der Waals surface area contributed by atoms with E-state index in [0.717, 1.165) is 72.8 Å². The van der Waals surface area contributed by atoms with Gasteiger partial charge < -0.3 is 24.2 Å². The highest BCUT2D eigenvalue weighted by atomic mass is 35.5. The molecule has 31 heavy (non-hydrogen) atoms. The van der Waals surface area contributed by atoms with Gasteiger partial charge >= 0.3 is 0 Å². The molecule has 2 aliphatic rings. The van der Waals surface area contributed by atoms with E-state index in [1.807, 2.05) is 42.5 Å². The van der Waals surface area contributed by atoms with E-state index < -0.39 is 0 Å². The van der Waals surface area contributed by atoms with Gasteiger partial charge in [0.15, 0.2) is 17.3 Å². The highest BCUT2D eigenvalue weighted by molar-refractivity contribution is 6.30. The number of aromatic nitrogens is 1. The highest BCUT2D eigenvalue weighted by Gasteiger charge is 2.18. The average molecular weight is 441 g/mol. The fourth-order valence-electron chi connectivity index (χ4n) is 3.94. The van der Waals surface area contributed by atoms with E-state index in [9.17, 15) is 0 Å². The maximum atomic E-state index is 6.12. The summed E-state index contributed by atoms with van der Waals surface area (Å²) >= 11 is 6.12. The molecule has 0 atom stereocenters. The van der Waals surface area contributed by atoms with Crippen LogP contribution in [0.15, 0.2) is 53.1 Å². The molecule has 5 rings (SSSR count). The molecule has 3 aromatic rings. The topological polar surface area (TPSA) is 63.0 Å². The SMILES string of the molecule is Clc1cccc(N2CCN(CCNCc3cc(-c4ccc5c(c4)OCO5)no3)CC2)c1. The number of benzene rings is 2. The highest BCUT2D eigenvalue weighted by Crippen LogP contribution is 2.35. The van der Waals surface area contributed by atoms with Crippen LogP contribution in [0.1, 0.15) is 5.76 Å². The quantitative estimate of drug-likeness (QED) is 0.563. The third kappa shape index (κ3) is 4.79. The average Bonchev–Trinajstić information content (AvgIpc) is 3.46. The summed E-state index contributed by atoms with van der Waals surface area (Å²) < 4.78 is 16.3. The van der Waals surface area contributed by atoms with Crippen molar-refractivity contribution in [2.24, 2.45) is 0 Å². The molecule has 0 saturated carbocycles. The Bertz CT molecular complexity index is 1030. The maximum absolute atomic E-state index is 6.12. The van der Waals surface area contributed by atoms with E-state index >= 15 is 0 Å². The molecule has 1 fully saturated rings. The van der Waals surface area contributed by atoms with E-state index in [-0.39, 0.29) is 6.79 Å². The molecule has 0 amide bonds. The number of fused-ring (bicyclic) bond motifs is 1. The zero-order valence-corrected chi connectivity index (χ0v) is 18.0. The van der Waals surface area contributed by atoms with Crippen molar-refractivity contribution in [3.05, 3.63) is 59.3 Å². The van der Waals surface area contributed by atoms with Crippen molar-refractivity contribution >= 4 is 17.3 Å². The van der Waals surface area contributed by atoms with Crippen molar-refractivity contribution in [3.8, 4) is 22.8 Å². The smallest absolute Gasteiger partial charge is 0.231 e. The van der Waals surface area contributed by atoms with Crippen LogP contribution >= 0.6 is 11.6 Å². The molecule has 2 aliphatic heterocycles. The number of halogens is 1. The zero-order valence-electron chi connectivity index (χ0n) is 17.2. The van der Waals surface area contributed by atoms with Gasteiger partial charge in [-0.1, -0.05) is 22.8 Å². The van der Waals surface area contributed by atoms with Gasteiger partial charge in [-0.25, -0.2) is 0 Å². The molecule has 0 spiro atoms. The number of rotatable bonds is 7. The molecule has 1 N–H and O–H groups in total. The van der Waals surface area contributed by atoms with Gasteiger partial charge in [-0.05, 0) is 36.4 Å². The molecule has 0 aliphatic carbocycles. The molecule has 3 heterocycles. The third-order valence-corrected chi connectivity index (χ3v) is 5.91. The standard InChI is InChI=1S/C23H25ClN4O3/c24-18-2-1-3-19(13-18)28-10-8-27(9-11-28)7-6-25-15-20-14-21(26-31-20)17-4-5-22-23(12-17)30-16-29-22/h1-5,12-14,25H,6-11,15-16H2. The van der Waals surface area contributed by atoms with E-state index in [0.29, 0.717) is 6.54 Å². The Morgan fingerprint density at radius 3 is 2.71 bits per heavy atom. The summed E-state index contributed by atoms with van der Waals surface area (Å²) in [4.78, 5) is 4.87. The number of nitrogens with zero attached hydrogens (tertiary/aromatic N) is 3. The van der Waals surface area contributed by atoms with Crippen molar-refractivity contribution in [1.82, 2.24) is 15.4 Å². The lowest BCUT2D eigenvalue weighted by atomic mass is 10.1. The lowest BCUT2D eigenvalue weighted by Crippen LogP contribution is -2.48. The Morgan fingerprint density at radius 1 is 0.968 bits per heavy atom. The van der Waals surface area contributed by atoms with Gasteiger partial charge in [-0.3, -0.25) is 4.90 Å². The Morgan fingerprint density at radius 2 is 1.84 bits per heavy atom. The largest absolute Gasteiger partial charge is 0.454 e. The lowest BCUT2D eigenvalue weighted by Gasteiger charge is -2.36. The van der Waals surface area contributed by atoms with Gasteiger partial charge in [0.05, 0.1) is 6.54 Å². The van der Waals surface area contributed by atoms with E-state index in [4.69, 9.17) is 25.6 Å². The summed E-state index contributed by atoms with van der Waals surface area (Å²) in [5, 5.41) is 8.43. The predicted octanol–water partition coefficient (Wildman–Crippen LogP) is 3.64. The Hall–Kier alpha value is -2.74. The molecule has 0 unspecified atom stereocenters. The Labute approximate surface area is 186 Å². The fraction of sp³-hybridized carbons (Fsp3) is 0.348. The van der Waals surface area contributed by atoms with E-state index in [1.165, 1.54) is 5.69 Å². The summed E-state index contributed by atoms with van der Waals surface area (Å²) in [6.07, 6.45) is 0. The fourth-order valence-corrected chi connectivity index (χ4v) is 4.12. The van der Waals surface area contributed by atoms with Gasteiger partial charge in [0, 0.05) is 61.6 Å². The third-order valence-electron chi connectivity index (χ3n) is 5.68. The van der Waals surface area contributed by atoms with Crippen molar-refractivity contribution in [2.75, 3.05) is 51.0 Å². The van der Waals surface area contributed by atoms with Gasteiger partial charge in [-0.15, -0.1) is 0 Å². The number of ether oxygens (including phenoxy) is 2. The van der Waals surface area contributed by atoms with Gasteiger partial charge in [0.1, 0.15) is 5.69 Å². The molecule has 0 bridgehead atoms. The molecule has 162 valence electrons. The molecule has 2 aromatic carbocycles. The van der Waals surface area contributed by atoms with Crippen molar-refractivity contribution in [3.63, 3.8) is 0 Å². The van der Waals surface area contributed by atoms with Crippen LogP contribution in [0.3, 0.4) is 0 Å². The van der Waals surface area contributed by atoms with Crippen LogP contribution < -0.4 is 19.7 Å². The predicted molar refractivity (Wildman–Crippen MR) is 120 cm³/mol. The molecule has 1 aromatic heterocycles. The second-order valence-corrected chi connectivity index (χ2v) is 8.17. The van der Waals surface area contributed by atoms with Crippen LogP contribution in [0.2, 0.25) is 5.02 Å². The first kappa shape index (κ1) is 20.2. The van der Waals surface area contributed by atoms with Crippen LogP contribution in [-0.4, -0.2) is 56.1 Å². The minimum atomic E-state index is 0.266. The first-order valence-corrected chi connectivity index (χ1v) is 10.9. The van der Waals surface area contributed by atoms with E-state index in [1.54, 1.807) is 0 Å². The first-order valence-electron chi connectivity index (χ1n) is 10.5. The minimum absolute atomic E-state index is 0.266. The summed E-state index contributed by atoms with van der Waals surface area (Å²) in [7, 11) is 0. The van der Waals surface area contributed by atoms with Crippen molar-refractivity contribution in [1.29, 1.82) is 0 Å². The number of hydrogen-bond donors (Lipinski definition) is 1. The summed E-state index contributed by atoms with van der Waals surface area (Å²) in [5.41, 5.74) is 2.96.